The van der Waals surface area contributed by atoms with Crippen molar-refractivity contribution < 1.29 is 9.84 Å². The number of ether oxygens (including phenoxy) is 1. The van der Waals surface area contributed by atoms with Crippen molar-refractivity contribution >= 4 is 0 Å². The van der Waals surface area contributed by atoms with Gasteiger partial charge in [0.1, 0.15) is 0 Å². The van der Waals surface area contributed by atoms with Crippen LogP contribution in [0.5, 0.6) is 0 Å². The van der Waals surface area contributed by atoms with Gasteiger partial charge < -0.3 is 9.84 Å². The van der Waals surface area contributed by atoms with E-state index in [1.54, 1.807) is 6.07 Å². The van der Waals surface area contributed by atoms with Gasteiger partial charge in [0.25, 0.3) is 0 Å². The van der Waals surface area contributed by atoms with Crippen LogP contribution >= 0.6 is 0 Å². The Balaban J connectivity index is 2.39. The third-order valence-corrected chi connectivity index (χ3v) is 1.75. The summed E-state index contributed by atoms with van der Waals surface area (Å²) in [6.45, 7) is 1.95. The molecule has 0 aliphatic carbocycles. The van der Waals surface area contributed by atoms with E-state index in [1.807, 2.05) is 6.92 Å². The summed E-state index contributed by atoms with van der Waals surface area (Å²) >= 11 is 0. The normalized spacial score (nSPS) is 35.3. The van der Waals surface area contributed by atoms with E-state index in [0.29, 0.717) is 0 Å². The van der Waals surface area contributed by atoms with Gasteiger partial charge in [0.15, 0.2) is 6.10 Å². The molecule has 1 N–H and O–H groups in total. The maximum Gasteiger partial charge on any atom is 0.166 e. The summed E-state index contributed by atoms with van der Waals surface area (Å²) in [5.41, 5.74) is 0. The monoisotopic (exact) mass is 141 g/mol. The molecule has 0 spiro atoms. The van der Waals surface area contributed by atoms with Crippen LogP contribution in [0, 0.1) is 11.3 Å². The first-order valence-electron chi connectivity index (χ1n) is 3.47. The Morgan fingerprint density at radius 1 is 1.70 bits per heavy atom. The molecule has 3 unspecified atom stereocenters. The van der Waals surface area contributed by atoms with E-state index in [0.717, 1.165) is 12.8 Å². The molecule has 1 saturated heterocycles. The van der Waals surface area contributed by atoms with Crippen LogP contribution in [0.2, 0.25) is 0 Å². The molecule has 1 fully saturated rings. The predicted octanol–water partition coefficient (Wildman–Crippen LogP) is 0.438. The van der Waals surface area contributed by atoms with Gasteiger partial charge in [0.2, 0.25) is 0 Å². The summed E-state index contributed by atoms with van der Waals surface area (Å²) in [4.78, 5) is 0. The number of aliphatic hydroxyl groups excluding tert-OH is 1. The molecule has 1 aliphatic rings. The minimum atomic E-state index is -0.940. The van der Waals surface area contributed by atoms with Gasteiger partial charge in [-0.05, 0) is 19.8 Å². The van der Waals surface area contributed by atoms with E-state index in [2.05, 4.69) is 0 Å². The molecule has 0 radical (unpaired) electrons. The highest BCUT2D eigenvalue weighted by Gasteiger charge is 2.27. The molecule has 56 valence electrons. The molecule has 1 aliphatic heterocycles. The van der Waals surface area contributed by atoms with Crippen LogP contribution in [0.4, 0.5) is 0 Å². The first-order chi connectivity index (χ1) is 4.74. The van der Waals surface area contributed by atoms with Crippen LogP contribution in [-0.2, 0) is 4.74 Å². The van der Waals surface area contributed by atoms with Gasteiger partial charge in [-0.15, -0.1) is 0 Å². The average Bonchev–Trinajstić information content (AvgIpc) is 2.34. The Hall–Kier alpha value is -0.590. The van der Waals surface area contributed by atoms with Gasteiger partial charge in [-0.3, -0.25) is 0 Å². The second kappa shape index (κ2) is 3.00. The zero-order valence-electron chi connectivity index (χ0n) is 5.95. The molecular formula is C7H11NO2. The minimum absolute atomic E-state index is 0.202. The third-order valence-electron chi connectivity index (χ3n) is 1.75. The van der Waals surface area contributed by atoms with Gasteiger partial charge in [0.05, 0.1) is 18.3 Å². The fraction of sp³-hybridized carbons (Fsp3) is 0.857. The van der Waals surface area contributed by atoms with Crippen molar-refractivity contribution in [3.05, 3.63) is 0 Å². The lowest BCUT2D eigenvalue weighted by Gasteiger charge is -2.10. The Morgan fingerprint density at radius 2 is 2.40 bits per heavy atom. The lowest BCUT2D eigenvalue weighted by atomic mass is 10.1. The van der Waals surface area contributed by atoms with Crippen LogP contribution in [0.1, 0.15) is 19.8 Å². The largest absolute Gasteiger partial charge is 0.375 e. The number of hydrogen-bond acceptors (Lipinski definition) is 3. The lowest BCUT2D eigenvalue weighted by Crippen LogP contribution is -2.23. The summed E-state index contributed by atoms with van der Waals surface area (Å²) in [5, 5.41) is 17.3. The van der Waals surface area contributed by atoms with Crippen molar-refractivity contribution in [3.63, 3.8) is 0 Å². The van der Waals surface area contributed by atoms with Gasteiger partial charge in [-0.1, -0.05) is 0 Å². The molecule has 3 nitrogen and oxygen atoms in total. The first kappa shape index (κ1) is 7.52. The van der Waals surface area contributed by atoms with Crippen LogP contribution in [0.25, 0.3) is 0 Å². The standard InChI is InChI=1S/C7H11NO2/c1-5-2-3-7(10-5)6(9)4-8/h5-7,9H,2-3H2,1H3. The number of hydrogen-bond donors (Lipinski definition) is 1. The quantitative estimate of drug-likeness (QED) is 0.539. The van der Waals surface area contributed by atoms with E-state index in [9.17, 15) is 0 Å². The second-order valence-electron chi connectivity index (χ2n) is 2.64. The lowest BCUT2D eigenvalue weighted by molar-refractivity contribution is -0.00601. The van der Waals surface area contributed by atoms with Crippen LogP contribution < -0.4 is 0 Å². The maximum atomic E-state index is 8.99. The predicted molar refractivity (Wildman–Crippen MR) is 35.2 cm³/mol. The molecule has 10 heavy (non-hydrogen) atoms. The van der Waals surface area contributed by atoms with E-state index in [-0.39, 0.29) is 12.2 Å². The van der Waals surface area contributed by atoms with Crippen molar-refractivity contribution in [2.24, 2.45) is 0 Å². The Bertz CT molecular complexity index is 152. The fourth-order valence-corrected chi connectivity index (χ4v) is 1.15. The Morgan fingerprint density at radius 3 is 2.80 bits per heavy atom. The summed E-state index contributed by atoms with van der Waals surface area (Å²) in [7, 11) is 0. The highest BCUT2D eigenvalue weighted by molar-refractivity contribution is 4.91. The zero-order chi connectivity index (χ0) is 7.56. The summed E-state index contributed by atoms with van der Waals surface area (Å²) in [6.07, 6.45) is 0.761. The van der Waals surface area contributed by atoms with Gasteiger partial charge in [-0.2, -0.15) is 5.26 Å². The topological polar surface area (TPSA) is 53.2 Å². The number of aliphatic hydroxyl groups is 1. The van der Waals surface area contributed by atoms with Gasteiger partial charge in [0, 0.05) is 0 Å². The van der Waals surface area contributed by atoms with Crippen molar-refractivity contribution in [2.75, 3.05) is 0 Å². The molecule has 0 aromatic rings. The molecule has 0 bridgehead atoms. The van der Waals surface area contributed by atoms with Crippen LogP contribution in [-0.4, -0.2) is 23.4 Å². The molecule has 3 heteroatoms. The molecule has 1 rings (SSSR count). The van der Waals surface area contributed by atoms with E-state index < -0.39 is 6.10 Å². The maximum absolute atomic E-state index is 8.99. The molecule has 3 atom stereocenters. The summed E-state index contributed by atoms with van der Waals surface area (Å²) < 4.78 is 5.24. The second-order valence-corrected chi connectivity index (χ2v) is 2.64. The highest BCUT2D eigenvalue weighted by atomic mass is 16.5. The van der Waals surface area contributed by atoms with Crippen molar-refractivity contribution in [1.29, 1.82) is 5.26 Å². The summed E-state index contributed by atoms with van der Waals surface area (Å²) in [5.74, 6) is 0. The Kier molecular flexibility index (Phi) is 2.25. The SMILES string of the molecule is CC1CCC(C(O)C#N)O1. The molecule has 1 heterocycles. The smallest absolute Gasteiger partial charge is 0.166 e. The molecule has 0 aromatic carbocycles. The number of nitriles is 1. The third kappa shape index (κ3) is 1.47. The first-order valence-corrected chi connectivity index (χ1v) is 3.47. The summed E-state index contributed by atoms with van der Waals surface area (Å²) in [6, 6.07) is 1.76. The van der Waals surface area contributed by atoms with E-state index >= 15 is 0 Å². The molecule has 0 aromatic heterocycles. The van der Waals surface area contributed by atoms with Crippen molar-refractivity contribution in [3.8, 4) is 6.07 Å². The van der Waals surface area contributed by atoms with Crippen molar-refractivity contribution in [2.45, 2.75) is 38.1 Å². The molecule has 0 saturated carbocycles. The highest BCUT2D eigenvalue weighted by Crippen LogP contribution is 2.21. The van der Waals surface area contributed by atoms with Crippen LogP contribution in [0.3, 0.4) is 0 Å². The minimum Gasteiger partial charge on any atom is -0.375 e. The molecule has 0 amide bonds. The van der Waals surface area contributed by atoms with E-state index in [4.69, 9.17) is 15.1 Å². The number of rotatable bonds is 1. The fourth-order valence-electron chi connectivity index (χ4n) is 1.15. The van der Waals surface area contributed by atoms with Gasteiger partial charge in [-0.25, -0.2) is 0 Å². The Labute approximate surface area is 60.2 Å². The van der Waals surface area contributed by atoms with E-state index in [1.165, 1.54) is 0 Å². The van der Waals surface area contributed by atoms with Crippen LogP contribution in [0.15, 0.2) is 0 Å². The van der Waals surface area contributed by atoms with Crippen molar-refractivity contribution in [1.82, 2.24) is 0 Å². The average molecular weight is 141 g/mol. The number of nitrogens with zero attached hydrogens (tertiary/aromatic N) is 1. The zero-order valence-corrected chi connectivity index (χ0v) is 5.95. The molecular weight excluding hydrogens is 130 g/mol. The van der Waals surface area contributed by atoms with Gasteiger partial charge >= 0.3 is 0 Å².